The van der Waals surface area contributed by atoms with Gasteiger partial charge in [-0.15, -0.1) is 11.3 Å². The van der Waals surface area contributed by atoms with E-state index in [0.717, 1.165) is 22.5 Å². The molecular formula is C22H18N4OS. The summed E-state index contributed by atoms with van der Waals surface area (Å²) in [6.07, 6.45) is 3.29. The van der Waals surface area contributed by atoms with Crippen molar-refractivity contribution >= 4 is 29.1 Å². The molecule has 0 spiro atoms. The third-order valence-electron chi connectivity index (χ3n) is 4.05. The number of carbonyl (C=O) groups is 1. The Morgan fingerprint density at radius 3 is 2.54 bits per heavy atom. The number of amides is 1. The first kappa shape index (κ1) is 17.9. The summed E-state index contributed by atoms with van der Waals surface area (Å²) in [5, 5.41) is 10.1. The number of carbonyl (C=O) groups excluding carboxylic acids is 1. The Balaban J connectivity index is 1.55. The molecule has 0 unspecified atom stereocenters. The molecule has 0 saturated heterocycles. The van der Waals surface area contributed by atoms with Crippen molar-refractivity contribution in [3.8, 4) is 16.4 Å². The van der Waals surface area contributed by atoms with E-state index >= 15 is 0 Å². The molecule has 6 heteroatoms. The van der Waals surface area contributed by atoms with Crippen LogP contribution in [-0.2, 0) is 4.79 Å². The van der Waals surface area contributed by atoms with Gasteiger partial charge in [0.1, 0.15) is 5.82 Å². The summed E-state index contributed by atoms with van der Waals surface area (Å²) in [7, 11) is 0. The molecule has 28 heavy (non-hydrogen) atoms. The summed E-state index contributed by atoms with van der Waals surface area (Å²) in [6, 6.07) is 21.5. The predicted molar refractivity (Wildman–Crippen MR) is 114 cm³/mol. The molecule has 2 heterocycles. The molecule has 0 bridgehead atoms. The molecule has 1 N–H and O–H groups in total. The lowest BCUT2D eigenvalue weighted by Crippen LogP contribution is -2.12. The van der Waals surface area contributed by atoms with Gasteiger partial charge in [0, 0.05) is 23.1 Å². The second kappa shape index (κ2) is 8.02. The number of aryl methyl sites for hydroxylation is 1. The highest BCUT2D eigenvalue weighted by Crippen LogP contribution is 2.26. The second-order valence-corrected chi connectivity index (χ2v) is 7.03. The molecule has 4 rings (SSSR count). The highest BCUT2D eigenvalue weighted by atomic mass is 32.1. The van der Waals surface area contributed by atoms with Gasteiger partial charge in [0.15, 0.2) is 0 Å². The van der Waals surface area contributed by atoms with Crippen LogP contribution in [0, 0.1) is 6.92 Å². The summed E-state index contributed by atoms with van der Waals surface area (Å²) in [6.45, 7) is 1.89. The standard InChI is InChI=1S/C22H18N4OS/c1-16-14-20(24-21(27)13-12-17-8-4-2-5-9-17)26(25-16)22-23-19(15-28-22)18-10-6-3-7-11-18/h2-15H,1H3,(H,24,27). The first-order chi connectivity index (χ1) is 13.7. The predicted octanol–water partition coefficient (Wildman–Crippen LogP) is 4.96. The maximum atomic E-state index is 12.3. The molecule has 0 atom stereocenters. The van der Waals surface area contributed by atoms with Crippen molar-refractivity contribution < 1.29 is 4.79 Å². The topological polar surface area (TPSA) is 59.8 Å². The van der Waals surface area contributed by atoms with Crippen molar-refractivity contribution in [2.24, 2.45) is 0 Å². The van der Waals surface area contributed by atoms with Crippen molar-refractivity contribution in [3.63, 3.8) is 0 Å². The van der Waals surface area contributed by atoms with E-state index in [2.05, 4.69) is 15.4 Å². The fourth-order valence-electron chi connectivity index (χ4n) is 2.74. The average molecular weight is 386 g/mol. The molecule has 4 aromatic rings. The third kappa shape index (κ3) is 4.07. The lowest BCUT2D eigenvalue weighted by Gasteiger charge is -2.04. The lowest BCUT2D eigenvalue weighted by molar-refractivity contribution is -0.111. The smallest absolute Gasteiger partial charge is 0.249 e. The van der Waals surface area contributed by atoms with Gasteiger partial charge in [0.25, 0.3) is 0 Å². The Morgan fingerprint density at radius 2 is 1.79 bits per heavy atom. The number of nitrogens with zero attached hydrogens (tertiary/aromatic N) is 3. The number of hydrogen-bond donors (Lipinski definition) is 1. The van der Waals surface area contributed by atoms with Crippen molar-refractivity contribution in [2.75, 3.05) is 5.32 Å². The van der Waals surface area contributed by atoms with E-state index in [-0.39, 0.29) is 5.91 Å². The van der Waals surface area contributed by atoms with Gasteiger partial charge in [-0.1, -0.05) is 60.7 Å². The summed E-state index contributed by atoms with van der Waals surface area (Å²) < 4.78 is 1.67. The molecule has 2 aromatic heterocycles. The van der Waals surface area contributed by atoms with E-state index in [1.165, 1.54) is 17.4 Å². The first-order valence-electron chi connectivity index (χ1n) is 8.81. The Kier molecular flexibility index (Phi) is 5.12. The van der Waals surface area contributed by atoms with Crippen LogP contribution in [0.25, 0.3) is 22.5 Å². The average Bonchev–Trinajstić information content (AvgIpc) is 3.34. The SMILES string of the molecule is Cc1cc(NC(=O)C=Cc2ccccc2)n(-c2nc(-c3ccccc3)cs2)n1. The monoisotopic (exact) mass is 386 g/mol. The summed E-state index contributed by atoms with van der Waals surface area (Å²) in [5.74, 6) is 0.374. The van der Waals surface area contributed by atoms with Crippen LogP contribution in [0.3, 0.4) is 0 Å². The van der Waals surface area contributed by atoms with Crippen molar-refractivity contribution in [1.29, 1.82) is 0 Å². The zero-order valence-electron chi connectivity index (χ0n) is 15.2. The molecule has 138 valence electrons. The van der Waals surface area contributed by atoms with Crippen LogP contribution < -0.4 is 5.32 Å². The molecule has 0 radical (unpaired) electrons. The minimum atomic E-state index is -0.218. The molecular weight excluding hydrogens is 368 g/mol. The Morgan fingerprint density at radius 1 is 1.07 bits per heavy atom. The fourth-order valence-corrected chi connectivity index (χ4v) is 3.54. The van der Waals surface area contributed by atoms with E-state index < -0.39 is 0 Å². The van der Waals surface area contributed by atoms with Gasteiger partial charge in [-0.05, 0) is 18.6 Å². The van der Waals surface area contributed by atoms with Gasteiger partial charge in [0.05, 0.1) is 11.4 Å². The van der Waals surface area contributed by atoms with Gasteiger partial charge in [-0.3, -0.25) is 4.79 Å². The number of benzene rings is 2. The Labute approximate surface area is 167 Å². The fraction of sp³-hybridized carbons (Fsp3) is 0.0455. The van der Waals surface area contributed by atoms with Crippen LogP contribution in [0.2, 0.25) is 0 Å². The van der Waals surface area contributed by atoms with Gasteiger partial charge >= 0.3 is 0 Å². The molecule has 2 aromatic carbocycles. The van der Waals surface area contributed by atoms with Crippen molar-refractivity contribution in [3.05, 3.63) is 89.4 Å². The molecule has 0 aliphatic heterocycles. The highest BCUT2D eigenvalue weighted by molar-refractivity contribution is 7.12. The number of rotatable bonds is 5. The molecule has 1 amide bonds. The normalized spacial score (nSPS) is 11.0. The first-order valence-corrected chi connectivity index (χ1v) is 9.69. The van der Waals surface area contributed by atoms with E-state index in [9.17, 15) is 4.79 Å². The van der Waals surface area contributed by atoms with Crippen molar-refractivity contribution in [2.45, 2.75) is 6.92 Å². The number of hydrogen-bond acceptors (Lipinski definition) is 4. The third-order valence-corrected chi connectivity index (χ3v) is 4.87. The van der Waals surface area contributed by atoms with Crippen LogP contribution in [-0.4, -0.2) is 20.7 Å². The van der Waals surface area contributed by atoms with Gasteiger partial charge < -0.3 is 5.32 Å². The minimum Gasteiger partial charge on any atom is -0.307 e. The highest BCUT2D eigenvalue weighted by Gasteiger charge is 2.13. The second-order valence-electron chi connectivity index (χ2n) is 6.20. The molecule has 0 fully saturated rings. The van der Waals surface area contributed by atoms with Crippen molar-refractivity contribution in [1.82, 2.24) is 14.8 Å². The quantitative estimate of drug-likeness (QED) is 0.493. The van der Waals surface area contributed by atoms with E-state index in [0.29, 0.717) is 10.9 Å². The van der Waals surface area contributed by atoms with Gasteiger partial charge in [-0.2, -0.15) is 9.78 Å². The zero-order chi connectivity index (χ0) is 19.3. The molecule has 0 aliphatic rings. The number of anilines is 1. The minimum absolute atomic E-state index is 0.218. The van der Waals surface area contributed by atoms with Crippen LogP contribution in [0.15, 0.2) is 78.2 Å². The summed E-state index contributed by atoms with van der Waals surface area (Å²) in [5.41, 5.74) is 3.70. The maximum Gasteiger partial charge on any atom is 0.249 e. The van der Waals surface area contributed by atoms with Crippen LogP contribution >= 0.6 is 11.3 Å². The number of nitrogens with one attached hydrogen (secondary N) is 1. The van der Waals surface area contributed by atoms with E-state index in [4.69, 9.17) is 0 Å². The van der Waals surface area contributed by atoms with Crippen LogP contribution in [0.1, 0.15) is 11.3 Å². The van der Waals surface area contributed by atoms with Crippen LogP contribution in [0.4, 0.5) is 5.82 Å². The van der Waals surface area contributed by atoms with E-state index in [1.807, 2.05) is 79.0 Å². The number of aromatic nitrogens is 3. The number of thiazole rings is 1. The van der Waals surface area contributed by atoms with Crippen LogP contribution in [0.5, 0.6) is 0 Å². The Bertz CT molecular complexity index is 1110. The van der Waals surface area contributed by atoms with E-state index in [1.54, 1.807) is 10.8 Å². The van der Waals surface area contributed by atoms with Gasteiger partial charge in [0.2, 0.25) is 11.0 Å². The molecule has 5 nitrogen and oxygen atoms in total. The largest absolute Gasteiger partial charge is 0.307 e. The summed E-state index contributed by atoms with van der Waals surface area (Å²) in [4.78, 5) is 17.0. The van der Waals surface area contributed by atoms with Gasteiger partial charge in [-0.25, -0.2) is 4.98 Å². The Hall–Kier alpha value is -3.51. The lowest BCUT2D eigenvalue weighted by atomic mass is 10.2. The molecule has 0 saturated carbocycles. The zero-order valence-corrected chi connectivity index (χ0v) is 16.1. The summed E-state index contributed by atoms with van der Waals surface area (Å²) >= 11 is 1.48. The molecule has 0 aliphatic carbocycles. The maximum absolute atomic E-state index is 12.3.